The molecule has 4 heteroatoms. The van der Waals surface area contributed by atoms with Crippen molar-refractivity contribution >= 4 is 34.2 Å². The van der Waals surface area contributed by atoms with E-state index in [-0.39, 0.29) is 17.1 Å². The van der Waals surface area contributed by atoms with Crippen LogP contribution in [0.5, 0.6) is 0 Å². The quantitative estimate of drug-likeness (QED) is 0.761. The lowest BCUT2D eigenvalue weighted by molar-refractivity contribution is -0.123. The first-order chi connectivity index (χ1) is 7.18. The van der Waals surface area contributed by atoms with Gasteiger partial charge in [-0.3, -0.25) is 4.79 Å². The molecule has 15 heavy (non-hydrogen) atoms. The molecule has 1 fully saturated rings. The van der Waals surface area contributed by atoms with Gasteiger partial charge < -0.3 is 5.32 Å². The molecule has 1 saturated heterocycles. The highest BCUT2D eigenvalue weighted by atomic mass is 32.2. The molecule has 1 heterocycles. The highest BCUT2D eigenvalue weighted by molar-refractivity contribution is 8.23. The topological polar surface area (TPSA) is 29.1 Å². The number of rotatable bonds is 1. The first kappa shape index (κ1) is 10.6. The number of hydrogen-bond donors (Lipinski definition) is 1. The van der Waals surface area contributed by atoms with Gasteiger partial charge in [0.25, 0.3) is 0 Å². The van der Waals surface area contributed by atoms with Crippen LogP contribution in [0.15, 0.2) is 30.3 Å². The molecule has 2 rings (SSSR count). The highest BCUT2D eigenvalue weighted by Gasteiger charge is 2.32. The van der Waals surface area contributed by atoms with Crippen LogP contribution >= 0.6 is 24.0 Å². The van der Waals surface area contributed by atoms with Crippen LogP contribution in [0.4, 0.5) is 0 Å². The largest absolute Gasteiger partial charge is 0.311 e. The van der Waals surface area contributed by atoms with Gasteiger partial charge in [-0.2, -0.15) is 0 Å². The Bertz CT molecular complexity index is 391. The van der Waals surface area contributed by atoms with Crippen LogP contribution in [-0.4, -0.2) is 10.2 Å². The molecule has 0 spiro atoms. The minimum absolute atomic E-state index is 0.0209. The van der Waals surface area contributed by atoms with Crippen LogP contribution in [0.25, 0.3) is 0 Å². The Labute approximate surface area is 98.4 Å². The summed E-state index contributed by atoms with van der Waals surface area (Å²) in [5.41, 5.74) is 1.16. The summed E-state index contributed by atoms with van der Waals surface area (Å²) >= 11 is 6.59. The van der Waals surface area contributed by atoms with Gasteiger partial charge in [0.2, 0.25) is 5.91 Å². The third-order valence-corrected chi connectivity index (χ3v) is 4.10. The number of amides is 1. The molecule has 0 radical (unpaired) electrons. The van der Waals surface area contributed by atoms with Gasteiger partial charge in [-0.05, 0) is 5.56 Å². The average molecular weight is 237 g/mol. The zero-order valence-electron chi connectivity index (χ0n) is 8.27. The third kappa shape index (κ3) is 2.21. The lowest BCUT2D eigenvalue weighted by Crippen LogP contribution is -2.39. The Morgan fingerprint density at radius 3 is 2.67 bits per heavy atom. The van der Waals surface area contributed by atoms with Gasteiger partial charge in [0, 0.05) is 5.25 Å². The van der Waals surface area contributed by atoms with E-state index in [9.17, 15) is 4.79 Å². The Kier molecular flexibility index (Phi) is 3.07. The minimum atomic E-state index is -0.0379. The molecule has 1 N–H and O–H groups in total. The van der Waals surface area contributed by atoms with Crippen molar-refractivity contribution in [2.75, 3.05) is 0 Å². The molecule has 0 saturated carbocycles. The van der Waals surface area contributed by atoms with Gasteiger partial charge in [-0.15, -0.1) is 0 Å². The van der Waals surface area contributed by atoms with Crippen LogP contribution < -0.4 is 5.32 Å². The molecule has 1 amide bonds. The fourth-order valence-corrected chi connectivity index (χ4v) is 3.02. The normalized spacial score (nSPS) is 26.2. The number of thioether (sulfide) groups is 1. The summed E-state index contributed by atoms with van der Waals surface area (Å²) in [6.45, 7) is 1.93. The summed E-state index contributed by atoms with van der Waals surface area (Å²) in [5, 5.41) is 2.83. The highest BCUT2D eigenvalue weighted by Crippen LogP contribution is 2.39. The molecule has 0 unspecified atom stereocenters. The number of thiocarbonyl (C=S) groups is 1. The first-order valence-corrected chi connectivity index (χ1v) is 6.03. The van der Waals surface area contributed by atoms with Gasteiger partial charge in [0.15, 0.2) is 0 Å². The van der Waals surface area contributed by atoms with Crippen molar-refractivity contribution < 1.29 is 4.79 Å². The van der Waals surface area contributed by atoms with Gasteiger partial charge in [0.05, 0.1) is 5.92 Å². The van der Waals surface area contributed by atoms with E-state index < -0.39 is 0 Å². The van der Waals surface area contributed by atoms with Gasteiger partial charge in [0.1, 0.15) is 4.32 Å². The molecule has 78 valence electrons. The van der Waals surface area contributed by atoms with E-state index in [0.717, 1.165) is 5.56 Å². The summed E-state index contributed by atoms with van der Waals surface area (Å²) < 4.78 is 0.576. The second-order valence-electron chi connectivity index (χ2n) is 3.51. The molecule has 1 aromatic rings. The Balaban J connectivity index is 2.28. The van der Waals surface area contributed by atoms with Crippen molar-refractivity contribution in [3.05, 3.63) is 35.9 Å². The first-order valence-electron chi connectivity index (χ1n) is 4.75. The summed E-state index contributed by atoms with van der Waals surface area (Å²) in [6, 6.07) is 10.0. The predicted molar refractivity (Wildman–Crippen MR) is 66.7 cm³/mol. The van der Waals surface area contributed by atoms with Gasteiger partial charge in [-0.1, -0.05) is 61.2 Å². The zero-order valence-corrected chi connectivity index (χ0v) is 9.90. The zero-order chi connectivity index (χ0) is 10.8. The number of nitrogens with one attached hydrogen (secondary N) is 1. The van der Waals surface area contributed by atoms with E-state index in [0.29, 0.717) is 4.32 Å². The molecule has 1 aliphatic rings. The summed E-state index contributed by atoms with van der Waals surface area (Å²) in [5.74, 6) is -0.0169. The van der Waals surface area contributed by atoms with Crippen molar-refractivity contribution in [1.82, 2.24) is 5.32 Å². The van der Waals surface area contributed by atoms with E-state index in [1.54, 1.807) is 11.8 Å². The number of carbonyl (C=O) groups excluding carboxylic acids is 1. The molecule has 1 aliphatic heterocycles. The Morgan fingerprint density at radius 2 is 2.00 bits per heavy atom. The van der Waals surface area contributed by atoms with Crippen molar-refractivity contribution in [3.8, 4) is 0 Å². The average Bonchev–Trinajstić information content (AvgIpc) is 2.24. The molecule has 0 aromatic heterocycles. The van der Waals surface area contributed by atoms with Gasteiger partial charge >= 0.3 is 0 Å². The fourth-order valence-electron chi connectivity index (χ4n) is 1.60. The molecule has 0 bridgehead atoms. The van der Waals surface area contributed by atoms with Crippen LogP contribution in [0.3, 0.4) is 0 Å². The maximum absolute atomic E-state index is 11.6. The van der Waals surface area contributed by atoms with E-state index in [1.807, 2.05) is 37.3 Å². The standard InChI is InChI=1S/C11H11NOS2/c1-7-9(8-5-3-2-4-6-8)15-11(14)12-10(7)13/h2-7,9H,1H3,(H,12,13,14)/t7-,9-/m0/s1. The second-order valence-corrected chi connectivity index (χ2v) is 5.33. The number of hydrogen-bond acceptors (Lipinski definition) is 3. The van der Waals surface area contributed by atoms with Crippen LogP contribution in [0, 0.1) is 5.92 Å². The van der Waals surface area contributed by atoms with Crippen molar-refractivity contribution in [3.63, 3.8) is 0 Å². The predicted octanol–water partition coefficient (Wildman–Crippen LogP) is 2.51. The van der Waals surface area contributed by atoms with Gasteiger partial charge in [-0.25, -0.2) is 0 Å². The van der Waals surface area contributed by atoms with E-state index in [1.165, 1.54) is 0 Å². The van der Waals surface area contributed by atoms with Crippen LogP contribution in [-0.2, 0) is 4.79 Å². The fraction of sp³-hybridized carbons (Fsp3) is 0.273. The molecule has 0 aliphatic carbocycles. The third-order valence-electron chi connectivity index (χ3n) is 2.46. The van der Waals surface area contributed by atoms with Crippen molar-refractivity contribution in [2.45, 2.75) is 12.2 Å². The second kappa shape index (κ2) is 4.33. The van der Waals surface area contributed by atoms with Crippen LogP contribution in [0.1, 0.15) is 17.7 Å². The molecule has 1 aromatic carbocycles. The number of benzene rings is 1. The number of carbonyl (C=O) groups is 1. The SMILES string of the molecule is C[C@@H]1C(=O)NC(=S)S[C@@H]1c1ccccc1. The Morgan fingerprint density at radius 1 is 1.33 bits per heavy atom. The minimum Gasteiger partial charge on any atom is -0.311 e. The maximum Gasteiger partial charge on any atom is 0.229 e. The lowest BCUT2D eigenvalue weighted by atomic mass is 9.99. The maximum atomic E-state index is 11.6. The molecule has 2 nitrogen and oxygen atoms in total. The van der Waals surface area contributed by atoms with Crippen LogP contribution in [0.2, 0.25) is 0 Å². The Hall–Kier alpha value is -0.870. The molecular weight excluding hydrogens is 226 g/mol. The van der Waals surface area contributed by atoms with Crippen molar-refractivity contribution in [2.24, 2.45) is 5.92 Å². The monoisotopic (exact) mass is 237 g/mol. The smallest absolute Gasteiger partial charge is 0.229 e. The summed E-state index contributed by atoms with van der Waals surface area (Å²) in [7, 11) is 0. The van der Waals surface area contributed by atoms with E-state index >= 15 is 0 Å². The summed E-state index contributed by atoms with van der Waals surface area (Å²) in [6.07, 6.45) is 0. The van der Waals surface area contributed by atoms with E-state index in [4.69, 9.17) is 12.2 Å². The summed E-state index contributed by atoms with van der Waals surface area (Å²) in [4.78, 5) is 11.6. The van der Waals surface area contributed by atoms with E-state index in [2.05, 4.69) is 5.32 Å². The molecular formula is C11H11NOS2. The lowest BCUT2D eigenvalue weighted by Gasteiger charge is -2.28. The van der Waals surface area contributed by atoms with Crippen molar-refractivity contribution in [1.29, 1.82) is 0 Å². The molecule has 2 atom stereocenters.